The van der Waals surface area contributed by atoms with Crippen LogP contribution >= 0.6 is 30.1 Å². The van der Waals surface area contributed by atoms with E-state index in [9.17, 15) is 0 Å². The van der Waals surface area contributed by atoms with Crippen LogP contribution in [-0.4, -0.2) is 41.3 Å². The van der Waals surface area contributed by atoms with Gasteiger partial charge in [-0.3, -0.25) is 0 Å². The van der Waals surface area contributed by atoms with Gasteiger partial charge >= 0.3 is 0 Å². The molecule has 5 nitrogen and oxygen atoms in total. The summed E-state index contributed by atoms with van der Waals surface area (Å²) in [6.45, 7) is 13.5. The number of ether oxygens (including phenoxy) is 1. The minimum Gasteiger partial charge on any atom is -0.497 e. The molecule has 1 heterocycles. The van der Waals surface area contributed by atoms with Gasteiger partial charge in [0, 0.05) is 16.8 Å². The second kappa shape index (κ2) is 11.2. The number of rotatable bonds is 10. The van der Waals surface area contributed by atoms with Crippen molar-refractivity contribution < 1.29 is 13.8 Å². The van der Waals surface area contributed by atoms with Gasteiger partial charge in [-0.2, -0.15) is 5.26 Å². The lowest BCUT2D eigenvalue weighted by Crippen LogP contribution is -2.39. The Hall–Kier alpha value is -0.480. The van der Waals surface area contributed by atoms with Crippen LogP contribution in [0.2, 0.25) is 0 Å². The third-order valence-corrected chi connectivity index (χ3v) is 10.4. The molecule has 1 saturated heterocycles. The van der Waals surface area contributed by atoms with Gasteiger partial charge < -0.3 is 13.8 Å². The van der Waals surface area contributed by atoms with E-state index >= 15 is 0 Å². The maximum Gasteiger partial charge on any atom is 0.259 e. The standard InChI is InChI=1S/C21H33N2O3PS2/c1-15(2)23(16(3)4)27(25-14-8-13-22)26-20-19(28-29-21(20,5)6)17-9-11-18(24-7)12-10-17/h9-12,15-16,19-20H,8,14H2,1-7H3/t19-,20+,27?/m0/s1. The minimum absolute atomic E-state index is 0.0147. The molecular weight excluding hydrogens is 423 g/mol. The lowest BCUT2D eigenvalue weighted by molar-refractivity contribution is 0.114. The van der Waals surface area contributed by atoms with Gasteiger partial charge in [0.15, 0.2) is 0 Å². The fourth-order valence-corrected chi connectivity index (χ4v) is 8.73. The highest BCUT2D eigenvalue weighted by Crippen LogP contribution is 2.63. The fraction of sp³-hybridized carbons (Fsp3) is 0.667. The van der Waals surface area contributed by atoms with Gasteiger partial charge in [-0.15, -0.1) is 0 Å². The topological polar surface area (TPSA) is 54.7 Å². The first-order valence-corrected chi connectivity index (χ1v) is 13.3. The first-order valence-electron chi connectivity index (χ1n) is 9.94. The summed E-state index contributed by atoms with van der Waals surface area (Å²) in [7, 11) is 4.12. The molecule has 0 saturated carbocycles. The second-order valence-corrected chi connectivity index (χ2v) is 12.5. The summed E-state index contributed by atoms with van der Waals surface area (Å²) in [6.07, 6.45) is 0.352. The summed E-state index contributed by atoms with van der Waals surface area (Å²) in [6, 6.07) is 11.0. The van der Waals surface area contributed by atoms with Crippen LogP contribution in [0.3, 0.4) is 0 Å². The molecule has 1 aliphatic heterocycles. The number of hydrogen-bond donors (Lipinski definition) is 0. The van der Waals surface area contributed by atoms with Crippen LogP contribution in [0.1, 0.15) is 58.8 Å². The monoisotopic (exact) mass is 456 g/mol. The molecule has 0 aliphatic carbocycles. The Morgan fingerprint density at radius 2 is 1.79 bits per heavy atom. The average Bonchev–Trinajstić information content (AvgIpc) is 2.96. The predicted molar refractivity (Wildman–Crippen MR) is 125 cm³/mol. The Bertz CT molecular complexity index is 671. The zero-order valence-electron chi connectivity index (χ0n) is 18.4. The van der Waals surface area contributed by atoms with Gasteiger partial charge in [-0.25, -0.2) is 4.67 Å². The molecule has 29 heavy (non-hydrogen) atoms. The first kappa shape index (κ1) is 24.8. The van der Waals surface area contributed by atoms with Crippen molar-refractivity contribution >= 4 is 30.1 Å². The number of nitriles is 1. The molecule has 0 spiro atoms. The Morgan fingerprint density at radius 3 is 2.31 bits per heavy atom. The molecule has 0 radical (unpaired) electrons. The molecule has 162 valence electrons. The zero-order chi connectivity index (χ0) is 21.6. The smallest absolute Gasteiger partial charge is 0.259 e. The fourth-order valence-electron chi connectivity index (χ4n) is 3.24. The molecule has 0 amide bonds. The summed E-state index contributed by atoms with van der Waals surface area (Å²) in [4.78, 5) is 0. The van der Waals surface area contributed by atoms with Gasteiger partial charge in [-0.05, 0) is 59.2 Å². The molecular formula is C21H33N2O3PS2. The summed E-state index contributed by atoms with van der Waals surface area (Å²) < 4.78 is 20.5. The Balaban J connectivity index is 2.28. The maximum atomic E-state index is 8.94. The van der Waals surface area contributed by atoms with Crippen molar-refractivity contribution in [1.29, 1.82) is 5.26 Å². The molecule has 1 aromatic rings. The lowest BCUT2D eigenvalue weighted by atomic mass is 9.98. The molecule has 0 N–H and O–H groups in total. The number of hydrogen-bond acceptors (Lipinski definition) is 7. The van der Waals surface area contributed by atoms with Crippen LogP contribution in [0.25, 0.3) is 0 Å². The van der Waals surface area contributed by atoms with E-state index in [0.29, 0.717) is 13.0 Å². The largest absolute Gasteiger partial charge is 0.497 e. The first-order chi connectivity index (χ1) is 13.7. The molecule has 8 heteroatoms. The van der Waals surface area contributed by atoms with Crippen LogP contribution in [-0.2, 0) is 9.05 Å². The van der Waals surface area contributed by atoms with Gasteiger partial charge in [0.2, 0.25) is 0 Å². The summed E-state index contributed by atoms with van der Waals surface area (Å²) in [5, 5.41) is 9.14. The van der Waals surface area contributed by atoms with Crippen molar-refractivity contribution in [2.75, 3.05) is 13.7 Å². The highest BCUT2D eigenvalue weighted by atomic mass is 33.1. The predicted octanol–water partition coefficient (Wildman–Crippen LogP) is 6.57. The van der Waals surface area contributed by atoms with Crippen LogP contribution in [0.15, 0.2) is 24.3 Å². The summed E-state index contributed by atoms with van der Waals surface area (Å²) >= 11 is 0. The van der Waals surface area contributed by atoms with Gasteiger partial charge in [0.05, 0.1) is 37.6 Å². The molecule has 0 aromatic heterocycles. The zero-order valence-corrected chi connectivity index (χ0v) is 20.9. The molecule has 1 aromatic carbocycles. The summed E-state index contributed by atoms with van der Waals surface area (Å²) in [5.41, 5.74) is 1.23. The van der Waals surface area contributed by atoms with E-state index in [-0.39, 0.29) is 28.2 Å². The van der Waals surface area contributed by atoms with E-state index in [0.717, 1.165) is 5.75 Å². The number of methoxy groups -OCH3 is 1. The van der Waals surface area contributed by atoms with E-state index in [4.69, 9.17) is 19.0 Å². The highest BCUT2D eigenvalue weighted by Gasteiger charge is 2.48. The van der Waals surface area contributed by atoms with Crippen molar-refractivity contribution in [2.45, 2.75) is 76.1 Å². The molecule has 1 unspecified atom stereocenters. The van der Waals surface area contributed by atoms with Crippen LogP contribution in [0.5, 0.6) is 5.75 Å². The maximum absolute atomic E-state index is 8.94. The molecule has 3 atom stereocenters. The SMILES string of the molecule is COc1ccc([C@@H]2SSC(C)(C)[C@@H]2OP(OCCC#N)N(C(C)C)C(C)C)cc1. The van der Waals surface area contributed by atoms with Crippen LogP contribution in [0.4, 0.5) is 0 Å². The van der Waals surface area contributed by atoms with E-state index < -0.39 is 8.53 Å². The molecule has 0 bridgehead atoms. The van der Waals surface area contributed by atoms with Crippen molar-refractivity contribution in [3.8, 4) is 11.8 Å². The van der Waals surface area contributed by atoms with E-state index in [2.05, 4.69) is 64.4 Å². The average molecular weight is 457 g/mol. The quantitative estimate of drug-likeness (QED) is 0.224. The number of nitrogens with zero attached hydrogens (tertiary/aromatic N) is 2. The van der Waals surface area contributed by atoms with E-state index in [1.165, 1.54) is 5.56 Å². The van der Waals surface area contributed by atoms with Crippen LogP contribution in [0, 0.1) is 11.3 Å². The van der Waals surface area contributed by atoms with Gasteiger partial charge in [0.1, 0.15) is 5.75 Å². The van der Waals surface area contributed by atoms with Crippen molar-refractivity contribution in [2.24, 2.45) is 0 Å². The third kappa shape index (κ3) is 6.50. The molecule has 1 fully saturated rings. The van der Waals surface area contributed by atoms with Crippen molar-refractivity contribution in [3.63, 3.8) is 0 Å². The van der Waals surface area contributed by atoms with Gasteiger partial charge in [-0.1, -0.05) is 33.7 Å². The van der Waals surface area contributed by atoms with Crippen molar-refractivity contribution in [3.05, 3.63) is 29.8 Å². The molecule has 2 rings (SSSR count). The van der Waals surface area contributed by atoms with E-state index in [1.807, 2.05) is 33.7 Å². The normalized spacial score (nSPS) is 22.2. The Kier molecular flexibility index (Phi) is 9.60. The van der Waals surface area contributed by atoms with E-state index in [1.54, 1.807) is 7.11 Å². The van der Waals surface area contributed by atoms with Gasteiger partial charge in [0.25, 0.3) is 8.53 Å². The third-order valence-electron chi connectivity index (χ3n) is 4.64. The Morgan fingerprint density at radius 1 is 1.17 bits per heavy atom. The lowest BCUT2D eigenvalue weighted by Gasteiger charge is -2.39. The summed E-state index contributed by atoms with van der Waals surface area (Å²) in [5.74, 6) is 0.856. The Labute approximate surface area is 185 Å². The highest BCUT2D eigenvalue weighted by molar-refractivity contribution is 8.77. The number of benzene rings is 1. The minimum atomic E-state index is -1.28. The second-order valence-electron chi connectivity index (χ2n) is 8.05. The molecule has 1 aliphatic rings. The van der Waals surface area contributed by atoms with Crippen LogP contribution < -0.4 is 4.74 Å². The van der Waals surface area contributed by atoms with Crippen molar-refractivity contribution in [1.82, 2.24) is 4.67 Å².